The van der Waals surface area contributed by atoms with Crippen molar-refractivity contribution in [2.75, 3.05) is 39.6 Å². The minimum absolute atomic E-state index is 0.0278. The van der Waals surface area contributed by atoms with Crippen molar-refractivity contribution in [3.8, 4) is 5.75 Å². The predicted molar refractivity (Wildman–Crippen MR) is 159 cm³/mol. The molecule has 1 aromatic carbocycles. The van der Waals surface area contributed by atoms with E-state index in [0.717, 1.165) is 26.1 Å². The zero-order valence-electron chi connectivity index (χ0n) is 25.0. The summed E-state index contributed by atoms with van der Waals surface area (Å²) in [6.45, 7) is 8.64. The van der Waals surface area contributed by atoms with Crippen molar-refractivity contribution < 1.29 is 29.2 Å². The number of carbonyl (C=O) groups is 1. The molecule has 38 heavy (non-hydrogen) atoms. The van der Waals surface area contributed by atoms with Gasteiger partial charge >= 0.3 is 5.97 Å². The van der Waals surface area contributed by atoms with Crippen molar-refractivity contribution in [1.82, 2.24) is 0 Å². The molecule has 0 saturated heterocycles. The molecule has 2 N–H and O–H groups in total. The van der Waals surface area contributed by atoms with Gasteiger partial charge in [0, 0.05) is 19.6 Å². The van der Waals surface area contributed by atoms with Gasteiger partial charge in [0.2, 0.25) is 0 Å². The maximum atomic E-state index is 11.7. The van der Waals surface area contributed by atoms with Crippen LogP contribution in [0.3, 0.4) is 0 Å². The van der Waals surface area contributed by atoms with E-state index < -0.39 is 0 Å². The Labute approximate surface area is 234 Å². The predicted octanol–water partition coefficient (Wildman–Crippen LogP) is 7.88. The van der Waals surface area contributed by atoms with E-state index in [2.05, 4.69) is 11.7 Å². The number of ether oxygens (including phenoxy) is 3. The van der Waals surface area contributed by atoms with Crippen molar-refractivity contribution in [1.29, 1.82) is 0 Å². The quantitative estimate of drug-likeness (QED) is 0.0834. The topological polar surface area (TPSA) is 85.2 Å². The molecule has 0 aliphatic rings. The van der Waals surface area contributed by atoms with Gasteiger partial charge in [-0.1, -0.05) is 115 Å². The molecule has 0 atom stereocenters. The molecule has 0 heterocycles. The third-order valence-electron chi connectivity index (χ3n) is 5.84. The van der Waals surface area contributed by atoms with Gasteiger partial charge in [-0.05, 0) is 32.4 Å². The average molecular weight is 541 g/mol. The highest BCUT2D eigenvalue weighted by Crippen LogP contribution is 2.14. The summed E-state index contributed by atoms with van der Waals surface area (Å²) in [5, 5.41) is 16.2. The van der Waals surface area contributed by atoms with Crippen LogP contribution in [-0.2, 0) is 14.3 Å². The number of esters is 1. The number of benzene rings is 1. The Morgan fingerprint density at radius 3 is 1.39 bits per heavy atom. The molecular formula is C32H60O6. The monoisotopic (exact) mass is 540 g/mol. The Morgan fingerprint density at radius 1 is 0.605 bits per heavy atom. The first-order valence-electron chi connectivity index (χ1n) is 15.3. The minimum Gasteiger partial charge on any atom is -0.427 e. The van der Waals surface area contributed by atoms with E-state index in [0.29, 0.717) is 25.4 Å². The van der Waals surface area contributed by atoms with Crippen molar-refractivity contribution in [3.63, 3.8) is 0 Å². The molecule has 0 spiro atoms. The summed E-state index contributed by atoms with van der Waals surface area (Å²) in [6.07, 6.45) is 20.7. The van der Waals surface area contributed by atoms with Crippen LogP contribution in [0.4, 0.5) is 0 Å². The molecule has 0 unspecified atom stereocenters. The number of hydrogen-bond donors (Lipinski definition) is 2. The number of rotatable bonds is 23. The Balaban J connectivity index is 0. The molecule has 0 aliphatic heterocycles. The number of carbonyl (C=O) groups excluding carboxylic acids is 1. The van der Waals surface area contributed by atoms with Gasteiger partial charge in [-0.2, -0.15) is 0 Å². The highest BCUT2D eigenvalue weighted by Gasteiger charge is 2.04. The van der Waals surface area contributed by atoms with Gasteiger partial charge in [0.05, 0.1) is 26.4 Å². The van der Waals surface area contributed by atoms with Crippen LogP contribution in [0.15, 0.2) is 30.3 Å². The Morgan fingerprint density at radius 2 is 1.03 bits per heavy atom. The maximum Gasteiger partial charge on any atom is 0.311 e. The van der Waals surface area contributed by atoms with E-state index in [4.69, 9.17) is 19.7 Å². The lowest BCUT2D eigenvalue weighted by Crippen LogP contribution is -2.07. The lowest BCUT2D eigenvalue weighted by atomic mass is 10.0. The number of unbranched alkanes of at least 4 members (excludes halogenated alkanes) is 14. The van der Waals surface area contributed by atoms with Crippen molar-refractivity contribution in [2.45, 2.75) is 124 Å². The summed E-state index contributed by atoms with van der Waals surface area (Å²) in [7, 11) is 0. The SMILES string of the molecule is CCCCCCCCCCCCCCCCCC(=O)Oc1ccccc1.CCOCC.OCCOCCO. The van der Waals surface area contributed by atoms with Gasteiger partial charge in [0.1, 0.15) is 5.75 Å². The summed E-state index contributed by atoms with van der Waals surface area (Å²) in [5.41, 5.74) is 0. The molecule has 6 nitrogen and oxygen atoms in total. The normalized spacial score (nSPS) is 10.2. The standard InChI is InChI=1S/C24H40O2.C4H10O3.C4H10O/c1-2-3-4-5-6-7-8-9-10-11-12-13-14-15-19-22-24(25)26-23-20-17-16-18-21-23;5-1-3-7-4-2-6;1-3-5-4-2/h16-18,20-21H,2-15,19,22H2,1H3;5-6H,1-4H2;3-4H2,1-2H3. The Bertz CT molecular complexity index is 546. The second-order valence-electron chi connectivity index (χ2n) is 9.33. The molecule has 0 amide bonds. The van der Waals surface area contributed by atoms with Crippen LogP contribution in [0.2, 0.25) is 0 Å². The molecule has 0 saturated carbocycles. The number of aliphatic hydroxyl groups excluding tert-OH is 2. The van der Waals surface area contributed by atoms with Crippen LogP contribution >= 0.6 is 0 Å². The fourth-order valence-corrected chi connectivity index (χ4v) is 3.75. The van der Waals surface area contributed by atoms with E-state index >= 15 is 0 Å². The largest absolute Gasteiger partial charge is 0.427 e. The van der Waals surface area contributed by atoms with E-state index in [9.17, 15) is 4.79 Å². The first-order chi connectivity index (χ1) is 18.7. The Hall–Kier alpha value is -1.47. The summed E-state index contributed by atoms with van der Waals surface area (Å²) >= 11 is 0. The smallest absolute Gasteiger partial charge is 0.311 e. The van der Waals surface area contributed by atoms with E-state index in [1.54, 1.807) is 0 Å². The van der Waals surface area contributed by atoms with Crippen LogP contribution in [0, 0.1) is 0 Å². The van der Waals surface area contributed by atoms with Gasteiger partial charge in [0.15, 0.2) is 0 Å². The number of aliphatic hydroxyl groups is 2. The van der Waals surface area contributed by atoms with Crippen molar-refractivity contribution >= 4 is 5.97 Å². The zero-order chi connectivity index (χ0) is 28.4. The second kappa shape index (κ2) is 35.5. The lowest BCUT2D eigenvalue weighted by Gasteiger charge is -2.04. The average Bonchev–Trinajstić information content (AvgIpc) is 2.93. The fraction of sp³-hybridized carbons (Fsp3) is 0.781. The van der Waals surface area contributed by atoms with Crippen LogP contribution in [0.5, 0.6) is 5.75 Å². The van der Waals surface area contributed by atoms with E-state index in [-0.39, 0.29) is 19.2 Å². The van der Waals surface area contributed by atoms with Crippen LogP contribution in [-0.4, -0.2) is 55.8 Å². The minimum atomic E-state index is -0.106. The zero-order valence-corrected chi connectivity index (χ0v) is 25.0. The Kier molecular flexibility index (Phi) is 36.2. The number of para-hydroxylation sites is 1. The molecule has 0 aromatic heterocycles. The molecule has 1 rings (SSSR count). The fourth-order valence-electron chi connectivity index (χ4n) is 3.75. The van der Waals surface area contributed by atoms with Crippen molar-refractivity contribution in [2.24, 2.45) is 0 Å². The van der Waals surface area contributed by atoms with Gasteiger partial charge in [-0.15, -0.1) is 0 Å². The molecule has 0 aliphatic carbocycles. The molecule has 224 valence electrons. The summed E-state index contributed by atoms with van der Waals surface area (Å²) < 4.78 is 14.8. The summed E-state index contributed by atoms with van der Waals surface area (Å²) in [6, 6.07) is 9.34. The molecule has 1 aromatic rings. The molecule has 6 heteroatoms. The molecule has 0 radical (unpaired) electrons. The van der Waals surface area contributed by atoms with Crippen LogP contribution in [0.1, 0.15) is 124 Å². The first-order valence-corrected chi connectivity index (χ1v) is 15.3. The van der Waals surface area contributed by atoms with Crippen LogP contribution in [0.25, 0.3) is 0 Å². The molecular weight excluding hydrogens is 480 g/mol. The number of hydrogen-bond acceptors (Lipinski definition) is 6. The van der Waals surface area contributed by atoms with Gasteiger partial charge in [-0.3, -0.25) is 4.79 Å². The summed E-state index contributed by atoms with van der Waals surface area (Å²) in [4.78, 5) is 11.7. The third-order valence-corrected chi connectivity index (χ3v) is 5.84. The highest BCUT2D eigenvalue weighted by molar-refractivity contribution is 5.72. The summed E-state index contributed by atoms with van der Waals surface area (Å²) in [5.74, 6) is 0.546. The molecule has 0 bridgehead atoms. The van der Waals surface area contributed by atoms with Crippen LogP contribution < -0.4 is 4.74 Å². The van der Waals surface area contributed by atoms with Gasteiger partial charge < -0.3 is 24.4 Å². The first kappa shape index (κ1) is 38.7. The van der Waals surface area contributed by atoms with Gasteiger partial charge in [-0.25, -0.2) is 0 Å². The van der Waals surface area contributed by atoms with E-state index in [1.807, 2.05) is 44.2 Å². The third kappa shape index (κ3) is 34.5. The van der Waals surface area contributed by atoms with E-state index in [1.165, 1.54) is 83.5 Å². The van der Waals surface area contributed by atoms with Gasteiger partial charge in [0.25, 0.3) is 0 Å². The van der Waals surface area contributed by atoms with Crippen molar-refractivity contribution in [3.05, 3.63) is 30.3 Å². The second-order valence-corrected chi connectivity index (χ2v) is 9.33. The molecule has 0 fully saturated rings. The highest BCUT2D eigenvalue weighted by atomic mass is 16.5. The lowest BCUT2D eigenvalue weighted by molar-refractivity contribution is -0.134. The maximum absolute atomic E-state index is 11.7.